The van der Waals surface area contributed by atoms with E-state index in [-0.39, 0.29) is 29.0 Å². The first-order valence-corrected chi connectivity index (χ1v) is 16.2. The fraction of sp³-hybridized carbons (Fsp3) is 0.417. The number of carboxylic acids is 1. The van der Waals surface area contributed by atoms with Crippen molar-refractivity contribution in [1.29, 1.82) is 0 Å². The van der Waals surface area contributed by atoms with Crippen LogP contribution in [0.15, 0.2) is 42.5 Å². The molecule has 0 aliphatic carbocycles. The van der Waals surface area contributed by atoms with Crippen LogP contribution in [-0.2, 0) is 9.59 Å². The summed E-state index contributed by atoms with van der Waals surface area (Å²) in [5.74, 6) is -4.10. The SMILES string of the molecule is Cc1cc(-c2c(C)cc(Cl)cc2C)cc([C@H](CC(=O)O)NC(=O)[C@H](CC(C)C)NC(=O)c2cccc(N3CCN(C)CC3)c2F)c1F. The van der Waals surface area contributed by atoms with E-state index in [1.807, 2.05) is 39.6 Å². The number of amides is 2. The van der Waals surface area contributed by atoms with Gasteiger partial charge < -0.3 is 25.5 Å². The fourth-order valence-corrected chi connectivity index (χ4v) is 6.50. The van der Waals surface area contributed by atoms with Crippen molar-refractivity contribution in [3.63, 3.8) is 0 Å². The van der Waals surface area contributed by atoms with Crippen LogP contribution in [0.1, 0.15) is 65.3 Å². The Morgan fingerprint density at radius 1 is 0.915 bits per heavy atom. The predicted molar refractivity (Wildman–Crippen MR) is 181 cm³/mol. The van der Waals surface area contributed by atoms with Gasteiger partial charge in [-0.1, -0.05) is 31.5 Å². The highest BCUT2D eigenvalue weighted by molar-refractivity contribution is 6.30. The van der Waals surface area contributed by atoms with Gasteiger partial charge in [-0.05, 0) is 104 Å². The van der Waals surface area contributed by atoms with Gasteiger partial charge in [0.15, 0.2) is 5.82 Å². The lowest BCUT2D eigenvalue weighted by Crippen LogP contribution is -2.49. The van der Waals surface area contributed by atoms with E-state index in [0.29, 0.717) is 29.4 Å². The topological polar surface area (TPSA) is 102 Å². The molecule has 47 heavy (non-hydrogen) atoms. The average Bonchev–Trinajstić information content (AvgIpc) is 2.97. The molecule has 1 aliphatic rings. The van der Waals surface area contributed by atoms with E-state index in [9.17, 15) is 19.5 Å². The highest BCUT2D eigenvalue weighted by Gasteiger charge is 2.30. The molecule has 1 aliphatic heterocycles. The molecule has 0 aromatic heterocycles. The van der Waals surface area contributed by atoms with E-state index in [4.69, 9.17) is 11.6 Å². The van der Waals surface area contributed by atoms with Crippen molar-refractivity contribution >= 4 is 35.1 Å². The Morgan fingerprint density at radius 2 is 1.55 bits per heavy atom. The third kappa shape index (κ3) is 8.67. The summed E-state index contributed by atoms with van der Waals surface area (Å²) in [7, 11) is 1.99. The van der Waals surface area contributed by atoms with Crippen LogP contribution in [0.4, 0.5) is 14.5 Å². The van der Waals surface area contributed by atoms with Crippen molar-refractivity contribution in [3.8, 4) is 11.1 Å². The van der Waals surface area contributed by atoms with Crippen LogP contribution in [0.2, 0.25) is 5.02 Å². The molecule has 0 bridgehead atoms. The van der Waals surface area contributed by atoms with Gasteiger partial charge in [0.1, 0.15) is 11.9 Å². The van der Waals surface area contributed by atoms with E-state index < -0.39 is 47.9 Å². The highest BCUT2D eigenvalue weighted by Crippen LogP contribution is 2.35. The zero-order chi connectivity index (χ0) is 34.6. The minimum atomic E-state index is -1.25. The molecule has 3 aromatic rings. The number of halogens is 3. The lowest BCUT2D eigenvalue weighted by molar-refractivity contribution is -0.137. The van der Waals surface area contributed by atoms with E-state index >= 15 is 8.78 Å². The standard InChI is InChI=1S/C36H43ClF2N4O4/c1-20(2)14-29(41-35(46)26-8-7-9-30(34(26)39)43-12-10-42(6)11-13-43)36(47)40-28(19-31(44)45)27-18-24(15-23(5)33(27)38)32-21(3)16-25(37)17-22(32)4/h7-9,15-18,20,28-29H,10-14,19H2,1-6H3,(H,40,47)(H,41,46)(H,44,45)/t28-,29-/m0/s1. The Balaban J connectivity index is 1.64. The molecule has 0 saturated carbocycles. The maximum Gasteiger partial charge on any atom is 0.305 e. The van der Waals surface area contributed by atoms with Crippen molar-refractivity contribution in [2.45, 2.75) is 59.5 Å². The molecule has 3 aromatic carbocycles. The highest BCUT2D eigenvalue weighted by atomic mass is 35.5. The van der Waals surface area contributed by atoms with Gasteiger partial charge in [-0.3, -0.25) is 14.4 Å². The maximum absolute atomic E-state index is 15.7. The fourth-order valence-electron chi connectivity index (χ4n) is 6.17. The number of hydrogen-bond acceptors (Lipinski definition) is 5. The molecule has 8 nitrogen and oxygen atoms in total. The largest absolute Gasteiger partial charge is 0.481 e. The first kappa shape index (κ1) is 35.8. The molecular weight excluding hydrogens is 626 g/mol. The number of anilines is 1. The number of likely N-dealkylation sites (N-methyl/N-ethyl adjacent to an activating group) is 1. The van der Waals surface area contributed by atoms with Crippen LogP contribution in [0.25, 0.3) is 11.1 Å². The van der Waals surface area contributed by atoms with E-state index in [0.717, 1.165) is 29.8 Å². The number of carbonyl (C=O) groups is 3. The third-order valence-electron chi connectivity index (χ3n) is 8.54. The number of aryl methyl sites for hydroxylation is 3. The van der Waals surface area contributed by atoms with Crippen LogP contribution >= 0.6 is 11.6 Å². The number of piperazine rings is 1. The molecule has 1 fully saturated rings. The molecule has 2 atom stereocenters. The van der Waals surface area contributed by atoms with Gasteiger partial charge in [0, 0.05) is 36.8 Å². The lowest BCUT2D eigenvalue weighted by atomic mass is 9.90. The number of aliphatic carboxylic acids is 1. The number of carboxylic acid groups (broad SMARTS) is 1. The number of rotatable bonds is 11. The van der Waals surface area contributed by atoms with Crippen molar-refractivity contribution < 1.29 is 28.3 Å². The van der Waals surface area contributed by atoms with Gasteiger partial charge in [-0.2, -0.15) is 0 Å². The molecule has 11 heteroatoms. The van der Waals surface area contributed by atoms with Gasteiger partial charge in [0.05, 0.1) is 23.7 Å². The van der Waals surface area contributed by atoms with Crippen LogP contribution in [0.5, 0.6) is 0 Å². The summed E-state index contributed by atoms with van der Waals surface area (Å²) in [5.41, 5.74) is 3.58. The maximum atomic E-state index is 15.7. The molecule has 0 radical (unpaired) electrons. The van der Waals surface area contributed by atoms with Crippen LogP contribution < -0.4 is 15.5 Å². The van der Waals surface area contributed by atoms with E-state index in [1.54, 1.807) is 43.3 Å². The summed E-state index contributed by atoms with van der Waals surface area (Å²) < 4.78 is 31.4. The smallest absolute Gasteiger partial charge is 0.305 e. The molecule has 3 N–H and O–H groups in total. The zero-order valence-corrected chi connectivity index (χ0v) is 28.5. The Labute approximate surface area is 280 Å². The van der Waals surface area contributed by atoms with Crippen molar-refractivity contribution in [1.82, 2.24) is 15.5 Å². The molecule has 0 unspecified atom stereocenters. The number of benzene rings is 3. The Kier molecular flexibility index (Phi) is 11.6. The molecule has 0 spiro atoms. The Morgan fingerprint density at radius 3 is 2.15 bits per heavy atom. The Bertz CT molecular complexity index is 1630. The summed E-state index contributed by atoms with van der Waals surface area (Å²) >= 11 is 6.23. The molecule has 1 saturated heterocycles. The van der Waals surface area contributed by atoms with E-state index in [1.165, 1.54) is 6.07 Å². The first-order valence-electron chi connectivity index (χ1n) is 15.8. The second kappa shape index (κ2) is 15.3. The van der Waals surface area contributed by atoms with Gasteiger partial charge in [-0.25, -0.2) is 8.78 Å². The minimum Gasteiger partial charge on any atom is -0.481 e. The second-order valence-corrected chi connectivity index (χ2v) is 13.3. The van der Waals surface area contributed by atoms with Crippen LogP contribution in [0.3, 0.4) is 0 Å². The summed E-state index contributed by atoms with van der Waals surface area (Å²) in [4.78, 5) is 43.2. The number of hydrogen-bond donors (Lipinski definition) is 3. The quantitative estimate of drug-likeness (QED) is 0.218. The zero-order valence-electron chi connectivity index (χ0n) is 27.7. The van der Waals surface area contributed by atoms with Gasteiger partial charge in [0.25, 0.3) is 5.91 Å². The first-order chi connectivity index (χ1) is 22.2. The van der Waals surface area contributed by atoms with Gasteiger partial charge in [-0.15, -0.1) is 0 Å². The number of nitrogens with zero attached hydrogens (tertiary/aromatic N) is 2. The average molecular weight is 669 g/mol. The van der Waals surface area contributed by atoms with Gasteiger partial charge in [0.2, 0.25) is 5.91 Å². The summed E-state index contributed by atoms with van der Waals surface area (Å²) in [5, 5.41) is 15.7. The Hall–Kier alpha value is -4.02. The predicted octanol–water partition coefficient (Wildman–Crippen LogP) is 6.44. The lowest BCUT2D eigenvalue weighted by Gasteiger charge is -2.34. The van der Waals surface area contributed by atoms with Crippen molar-refractivity contribution in [2.24, 2.45) is 5.92 Å². The summed E-state index contributed by atoms with van der Waals surface area (Å²) in [6.45, 7) is 11.8. The summed E-state index contributed by atoms with van der Waals surface area (Å²) in [6.07, 6.45) is -0.421. The van der Waals surface area contributed by atoms with Crippen LogP contribution in [-0.4, -0.2) is 67.1 Å². The molecule has 2 amide bonds. The van der Waals surface area contributed by atoms with E-state index in [2.05, 4.69) is 15.5 Å². The minimum absolute atomic E-state index is 0.00467. The third-order valence-corrected chi connectivity index (χ3v) is 8.75. The van der Waals surface area contributed by atoms with Gasteiger partial charge >= 0.3 is 5.97 Å². The number of nitrogens with one attached hydrogen (secondary N) is 2. The van der Waals surface area contributed by atoms with Crippen LogP contribution in [0, 0.1) is 38.3 Å². The monoisotopic (exact) mass is 668 g/mol. The number of carbonyl (C=O) groups excluding carboxylic acids is 2. The molecule has 252 valence electrons. The molecule has 4 rings (SSSR count). The molecule has 1 heterocycles. The molecular formula is C36H43ClF2N4O4. The second-order valence-electron chi connectivity index (χ2n) is 12.9. The van der Waals surface area contributed by atoms with Crippen molar-refractivity contribution in [2.75, 3.05) is 38.1 Å². The normalized spacial score (nSPS) is 15.0. The summed E-state index contributed by atoms with van der Waals surface area (Å²) in [6, 6.07) is 9.02. The van der Waals surface area contributed by atoms with Crippen molar-refractivity contribution in [3.05, 3.63) is 86.9 Å².